The number of nitrogens with one attached hydrogen (secondary N) is 1. The number of hydrogen-bond acceptors (Lipinski definition) is 4. The topological polar surface area (TPSA) is 61.6 Å². The molecule has 0 radical (unpaired) electrons. The molecule has 5 nitrogen and oxygen atoms in total. The van der Waals surface area contributed by atoms with Crippen molar-refractivity contribution in [3.05, 3.63) is 0 Å². The highest BCUT2D eigenvalue weighted by atomic mass is 16.1. The van der Waals surface area contributed by atoms with Crippen molar-refractivity contribution in [2.24, 2.45) is 5.73 Å². The van der Waals surface area contributed by atoms with Crippen LogP contribution in [0.1, 0.15) is 13.8 Å². The Bertz CT molecular complexity index is 234. The lowest BCUT2D eigenvalue weighted by Gasteiger charge is -2.43. The van der Waals surface area contributed by atoms with Crippen LogP contribution in [0.4, 0.5) is 0 Å². The molecule has 0 spiro atoms. The summed E-state index contributed by atoms with van der Waals surface area (Å²) in [7, 11) is 2.14. The van der Waals surface area contributed by atoms with Gasteiger partial charge in [-0.05, 0) is 20.9 Å². The zero-order valence-electron chi connectivity index (χ0n) is 10.6. The lowest BCUT2D eigenvalue weighted by atomic mass is 10.0. The summed E-state index contributed by atoms with van der Waals surface area (Å²) in [6, 6.07) is 0. The zero-order chi connectivity index (χ0) is 12.2. The molecule has 0 aromatic carbocycles. The van der Waals surface area contributed by atoms with Crippen LogP contribution in [0.15, 0.2) is 0 Å². The Morgan fingerprint density at radius 1 is 1.31 bits per heavy atom. The number of hydrogen-bond donors (Lipinski definition) is 2. The first-order chi connectivity index (χ1) is 7.45. The molecule has 0 saturated carbocycles. The molecule has 0 atom stereocenters. The van der Waals surface area contributed by atoms with Crippen molar-refractivity contribution in [2.75, 3.05) is 46.3 Å². The van der Waals surface area contributed by atoms with Gasteiger partial charge in [-0.25, -0.2) is 0 Å². The Balaban J connectivity index is 2.40. The van der Waals surface area contributed by atoms with Crippen LogP contribution in [0.3, 0.4) is 0 Å². The van der Waals surface area contributed by atoms with Crippen LogP contribution in [0.5, 0.6) is 0 Å². The third kappa shape index (κ3) is 3.73. The molecule has 0 unspecified atom stereocenters. The lowest BCUT2D eigenvalue weighted by Crippen LogP contribution is -2.58. The van der Waals surface area contributed by atoms with Crippen molar-refractivity contribution in [3.63, 3.8) is 0 Å². The maximum atomic E-state index is 11.1. The van der Waals surface area contributed by atoms with E-state index in [1.807, 2.05) is 0 Å². The molecule has 0 aliphatic carbocycles. The number of amides is 1. The van der Waals surface area contributed by atoms with Crippen LogP contribution in [-0.4, -0.2) is 67.6 Å². The summed E-state index contributed by atoms with van der Waals surface area (Å²) in [6.45, 7) is 9.35. The van der Waals surface area contributed by atoms with Crippen LogP contribution in [0.25, 0.3) is 0 Å². The molecule has 0 aromatic heterocycles. The summed E-state index contributed by atoms with van der Waals surface area (Å²) in [4.78, 5) is 15.9. The number of carbonyl (C=O) groups is 1. The predicted molar refractivity (Wildman–Crippen MR) is 65.2 cm³/mol. The molecule has 0 aromatic rings. The molecular formula is C11H24N4O. The highest BCUT2D eigenvalue weighted by Crippen LogP contribution is 2.15. The van der Waals surface area contributed by atoms with Crippen LogP contribution >= 0.6 is 0 Å². The second-order valence-electron chi connectivity index (χ2n) is 5.08. The number of nitrogens with two attached hydrogens (primary N) is 1. The summed E-state index contributed by atoms with van der Waals surface area (Å²) < 4.78 is 0. The highest BCUT2D eigenvalue weighted by molar-refractivity contribution is 5.77. The molecule has 1 saturated heterocycles. The Morgan fingerprint density at radius 3 is 2.38 bits per heavy atom. The minimum Gasteiger partial charge on any atom is -0.353 e. The van der Waals surface area contributed by atoms with Gasteiger partial charge in [0.2, 0.25) is 5.91 Å². The van der Waals surface area contributed by atoms with Gasteiger partial charge in [-0.15, -0.1) is 0 Å². The van der Waals surface area contributed by atoms with Gasteiger partial charge < -0.3 is 16.0 Å². The minimum absolute atomic E-state index is 0.00604. The van der Waals surface area contributed by atoms with Gasteiger partial charge in [-0.2, -0.15) is 0 Å². The molecule has 94 valence electrons. The van der Waals surface area contributed by atoms with Crippen molar-refractivity contribution in [1.29, 1.82) is 0 Å². The zero-order valence-corrected chi connectivity index (χ0v) is 10.6. The fourth-order valence-electron chi connectivity index (χ4n) is 1.91. The van der Waals surface area contributed by atoms with Gasteiger partial charge in [0, 0.05) is 38.3 Å². The van der Waals surface area contributed by atoms with Gasteiger partial charge in [-0.3, -0.25) is 9.69 Å². The molecular weight excluding hydrogens is 204 g/mol. The van der Waals surface area contributed by atoms with Crippen molar-refractivity contribution >= 4 is 5.91 Å². The molecule has 1 aliphatic rings. The molecule has 1 rings (SSSR count). The normalized spacial score (nSPS) is 19.8. The monoisotopic (exact) mass is 228 g/mol. The first kappa shape index (κ1) is 13.4. The summed E-state index contributed by atoms with van der Waals surface area (Å²) >= 11 is 0. The summed E-state index contributed by atoms with van der Waals surface area (Å²) in [5.74, 6) is -0.0813. The van der Waals surface area contributed by atoms with E-state index in [9.17, 15) is 4.79 Å². The number of carbonyl (C=O) groups excluding carboxylic acids is 1. The predicted octanol–water partition coefficient (Wildman–Crippen LogP) is -0.913. The standard InChI is InChI=1S/C11H24N4O/c1-11(2,9-13-10(16)8-12)15-6-4-14(3)5-7-15/h4-9,12H2,1-3H3,(H,13,16). The third-order valence-corrected chi connectivity index (χ3v) is 3.26. The highest BCUT2D eigenvalue weighted by Gasteiger charge is 2.29. The summed E-state index contributed by atoms with van der Waals surface area (Å²) in [5.41, 5.74) is 5.27. The van der Waals surface area contributed by atoms with Crippen LogP contribution < -0.4 is 11.1 Å². The van der Waals surface area contributed by atoms with E-state index in [0.717, 1.165) is 26.2 Å². The Hall–Kier alpha value is -0.650. The van der Waals surface area contributed by atoms with E-state index in [-0.39, 0.29) is 18.0 Å². The number of rotatable bonds is 4. The summed E-state index contributed by atoms with van der Waals surface area (Å²) in [6.07, 6.45) is 0. The van der Waals surface area contributed by atoms with Gasteiger partial charge >= 0.3 is 0 Å². The van der Waals surface area contributed by atoms with Gasteiger partial charge in [-0.1, -0.05) is 0 Å². The number of nitrogens with zero attached hydrogens (tertiary/aromatic N) is 2. The fraction of sp³-hybridized carbons (Fsp3) is 0.909. The minimum atomic E-state index is -0.0813. The second-order valence-corrected chi connectivity index (χ2v) is 5.08. The van der Waals surface area contributed by atoms with Crippen LogP contribution in [0, 0.1) is 0 Å². The first-order valence-corrected chi connectivity index (χ1v) is 5.86. The van der Waals surface area contributed by atoms with E-state index >= 15 is 0 Å². The van der Waals surface area contributed by atoms with E-state index < -0.39 is 0 Å². The quantitative estimate of drug-likeness (QED) is 0.654. The molecule has 5 heteroatoms. The van der Waals surface area contributed by atoms with Crippen LogP contribution in [0.2, 0.25) is 0 Å². The van der Waals surface area contributed by atoms with Gasteiger partial charge in [0.1, 0.15) is 0 Å². The van der Waals surface area contributed by atoms with E-state index in [1.165, 1.54) is 0 Å². The third-order valence-electron chi connectivity index (χ3n) is 3.26. The fourth-order valence-corrected chi connectivity index (χ4v) is 1.91. The van der Waals surface area contributed by atoms with E-state index in [4.69, 9.17) is 5.73 Å². The van der Waals surface area contributed by atoms with Crippen molar-refractivity contribution < 1.29 is 4.79 Å². The average Bonchev–Trinajstić information content (AvgIpc) is 2.26. The van der Waals surface area contributed by atoms with Gasteiger partial charge in [0.15, 0.2) is 0 Å². The van der Waals surface area contributed by atoms with E-state index in [0.29, 0.717) is 6.54 Å². The Kier molecular flexibility index (Phi) is 4.70. The molecule has 1 heterocycles. The number of piperazine rings is 1. The van der Waals surface area contributed by atoms with Crippen molar-refractivity contribution in [3.8, 4) is 0 Å². The largest absolute Gasteiger partial charge is 0.353 e. The first-order valence-electron chi connectivity index (χ1n) is 5.86. The molecule has 0 bridgehead atoms. The second kappa shape index (κ2) is 5.61. The van der Waals surface area contributed by atoms with Crippen molar-refractivity contribution in [2.45, 2.75) is 19.4 Å². The smallest absolute Gasteiger partial charge is 0.233 e. The average molecular weight is 228 g/mol. The Morgan fingerprint density at radius 2 is 1.88 bits per heavy atom. The molecule has 1 amide bonds. The summed E-state index contributed by atoms with van der Waals surface area (Å²) in [5, 5.41) is 2.86. The molecule has 3 N–H and O–H groups in total. The van der Waals surface area contributed by atoms with Gasteiger partial charge in [0.25, 0.3) is 0 Å². The molecule has 1 fully saturated rings. The van der Waals surface area contributed by atoms with E-state index in [2.05, 4.69) is 36.0 Å². The van der Waals surface area contributed by atoms with Crippen molar-refractivity contribution in [1.82, 2.24) is 15.1 Å². The lowest BCUT2D eigenvalue weighted by molar-refractivity contribution is -0.120. The van der Waals surface area contributed by atoms with Gasteiger partial charge in [0.05, 0.1) is 6.54 Å². The maximum Gasteiger partial charge on any atom is 0.233 e. The maximum absolute atomic E-state index is 11.1. The number of likely N-dealkylation sites (N-methyl/N-ethyl adjacent to an activating group) is 1. The molecule has 16 heavy (non-hydrogen) atoms. The van der Waals surface area contributed by atoms with E-state index in [1.54, 1.807) is 0 Å². The Labute approximate surface area is 98.0 Å². The van der Waals surface area contributed by atoms with Crippen LogP contribution in [-0.2, 0) is 4.79 Å². The molecule has 1 aliphatic heterocycles. The SMILES string of the molecule is CN1CCN(C(C)(C)CNC(=O)CN)CC1.